The van der Waals surface area contributed by atoms with Gasteiger partial charge in [0.15, 0.2) is 6.61 Å². The van der Waals surface area contributed by atoms with Crippen LogP contribution in [-0.2, 0) is 4.79 Å². The molecule has 0 N–H and O–H groups in total. The molecule has 2 atom stereocenters. The predicted molar refractivity (Wildman–Crippen MR) is 90.4 cm³/mol. The second-order valence-electron chi connectivity index (χ2n) is 6.62. The number of fused-ring (bicyclic) bond motifs is 2. The lowest BCUT2D eigenvalue weighted by Gasteiger charge is -2.38. The van der Waals surface area contributed by atoms with Crippen molar-refractivity contribution in [2.24, 2.45) is 0 Å². The molecule has 1 amide bonds. The number of piperidine rings is 1. The molecule has 2 fully saturated rings. The molecular weight excluding hydrogens is 320 g/mol. The van der Waals surface area contributed by atoms with Crippen molar-refractivity contribution in [3.05, 3.63) is 36.7 Å². The molecule has 25 heavy (non-hydrogen) atoms. The van der Waals surface area contributed by atoms with Crippen molar-refractivity contribution in [1.82, 2.24) is 19.9 Å². The van der Waals surface area contributed by atoms with Gasteiger partial charge in [-0.2, -0.15) is 15.0 Å². The Balaban J connectivity index is 1.36. The summed E-state index contributed by atoms with van der Waals surface area (Å²) in [7, 11) is 1.62. The smallest absolute Gasteiger partial charge is 0.261 e. The molecule has 1 aromatic carbocycles. The number of amides is 1. The first-order valence-corrected chi connectivity index (χ1v) is 8.68. The fraction of sp³-hybridized carbons (Fsp3) is 0.500. The highest BCUT2D eigenvalue weighted by atomic mass is 16.5. The van der Waals surface area contributed by atoms with Crippen molar-refractivity contribution in [3.63, 3.8) is 0 Å². The lowest BCUT2D eigenvalue weighted by atomic mass is 9.98. The summed E-state index contributed by atoms with van der Waals surface area (Å²) in [5.41, 5.74) is 0. The normalized spacial score (nSPS) is 25.0. The number of hydrogen-bond acceptors (Lipinski definition) is 5. The van der Waals surface area contributed by atoms with Crippen LogP contribution < -0.4 is 9.47 Å². The Morgan fingerprint density at radius 1 is 1.04 bits per heavy atom. The summed E-state index contributed by atoms with van der Waals surface area (Å²) < 4.78 is 10.8. The van der Waals surface area contributed by atoms with Gasteiger partial charge >= 0.3 is 0 Å². The molecule has 4 rings (SSSR count). The van der Waals surface area contributed by atoms with Crippen LogP contribution in [0.25, 0.3) is 0 Å². The number of benzene rings is 1. The number of carbonyl (C=O) groups excluding carboxylic acids is 1. The molecule has 2 unspecified atom stereocenters. The molecule has 2 aliphatic heterocycles. The quantitative estimate of drug-likeness (QED) is 0.832. The Hall–Kier alpha value is -2.57. The van der Waals surface area contributed by atoms with Gasteiger partial charge in [-0.15, -0.1) is 0 Å². The van der Waals surface area contributed by atoms with E-state index in [9.17, 15) is 4.79 Å². The van der Waals surface area contributed by atoms with E-state index < -0.39 is 0 Å². The van der Waals surface area contributed by atoms with E-state index in [0.717, 1.165) is 31.4 Å². The van der Waals surface area contributed by atoms with Gasteiger partial charge in [-0.1, -0.05) is 0 Å². The van der Waals surface area contributed by atoms with E-state index in [1.807, 2.05) is 29.2 Å². The van der Waals surface area contributed by atoms with E-state index in [4.69, 9.17) is 9.47 Å². The van der Waals surface area contributed by atoms with Crippen LogP contribution in [0.5, 0.6) is 11.5 Å². The number of methoxy groups -OCH3 is 1. The summed E-state index contributed by atoms with van der Waals surface area (Å²) in [4.78, 5) is 16.5. The molecule has 7 nitrogen and oxygen atoms in total. The topological polar surface area (TPSA) is 69.5 Å². The maximum atomic E-state index is 12.7. The zero-order chi connectivity index (χ0) is 17.2. The third-order valence-electron chi connectivity index (χ3n) is 5.18. The number of hydrogen-bond donors (Lipinski definition) is 0. The van der Waals surface area contributed by atoms with Crippen LogP contribution in [0.15, 0.2) is 36.7 Å². The van der Waals surface area contributed by atoms with Gasteiger partial charge in [0.25, 0.3) is 5.91 Å². The zero-order valence-electron chi connectivity index (χ0n) is 14.2. The third kappa shape index (κ3) is 3.18. The molecule has 2 bridgehead atoms. The lowest BCUT2D eigenvalue weighted by molar-refractivity contribution is -0.138. The minimum atomic E-state index is 0.0650. The van der Waals surface area contributed by atoms with Crippen molar-refractivity contribution in [2.45, 2.75) is 43.8 Å². The monoisotopic (exact) mass is 342 g/mol. The molecular formula is C18H22N4O3. The standard InChI is InChI=1S/C18H22N4O3/c1-24-16-4-6-17(7-5-16)25-12-18(23)21-13-2-3-14(21)11-15(10-13)22-19-8-9-20-22/h4-9,13-15H,2-3,10-12H2,1H3. The molecule has 1 aromatic heterocycles. The first kappa shape index (κ1) is 15.9. The summed E-state index contributed by atoms with van der Waals surface area (Å²) in [5, 5.41) is 8.53. The van der Waals surface area contributed by atoms with Gasteiger partial charge in [0, 0.05) is 12.1 Å². The molecule has 2 saturated heterocycles. The van der Waals surface area contributed by atoms with Crippen molar-refractivity contribution >= 4 is 5.91 Å². The minimum Gasteiger partial charge on any atom is -0.497 e. The maximum absolute atomic E-state index is 12.7. The number of nitrogens with zero attached hydrogens (tertiary/aromatic N) is 4. The SMILES string of the molecule is COc1ccc(OCC(=O)N2C3CCC2CC(n2nccn2)C3)cc1. The lowest BCUT2D eigenvalue weighted by Crippen LogP contribution is -2.48. The van der Waals surface area contributed by atoms with E-state index in [1.54, 1.807) is 24.3 Å². The van der Waals surface area contributed by atoms with Crippen molar-refractivity contribution < 1.29 is 14.3 Å². The van der Waals surface area contributed by atoms with Crippen LogP contribution in [0.2, 0.25) is 0 Å². The molecule has 2 aromatic rings. The van der Waals surface area contributed by atoms with Crippen LogP contribution in [0, 0.1) is 0 Å². The predicted octanol–water partition coefficient (Wildman–Crippen LogP) is 2.06. The first-order valence-electron chi connectivity index (χ1n) is 8.68. The van der Waals surface area contributed by atoms with E-state index in [0.29, 0.717) is 11.8 Å². The average molecular weight is 342 g/mol. The van der Waals surface area contributed by atoms with Gasteiger partial charge in [0.05, 0.1) is 25.5 Å². The highest BCUT2D eigenvalue weighted by Crippen LogP contribution is 2.40. The van der Waals surface area contributed by atoms with E-state index in [2.05, 4.69) is 10.2 Å². The fourth-order valence-corrected chi connectivity index (χ4v) is 4.05. The Morgan fingerprint density at radius 2 is 1.64 bits per heavy atom. The van der Waals surface area contributed by atoms with Gasteiger partial charge in [-0.25, -0.2) is 0 Å². The van der Waals surface area contributed by atoms with Crippen LogP contribution in [0.1, 0.15) is 31.7 Å². The van der Waals surface area contributed by atoms with Crippen molar-refractivity contribution in [3.8, 4) is 11.5 Å². The molecule has 2 aliphatic rings. The molecule has 0 radical (unpaired) electrons. The van der Waals surface area contributed by atoms with E-state index in [1.165, 1.54) is 0 Å². The highest BCUT2D eigenvalue weighted by Gasteiger charge is 2.44. The second kappa shape index (κ2) is 6.74. The molecule has 132 valence electrons. The number of rotatable bonds is 5. The van der Waals surface area contributed by atoms with Gasteiger partial charge in [0.2, 0.25) is 0 Å². The fourth-order valence-electron chi connectivity index (χ4n) is 4.05. The van der Waals surface area contributed by atoms with E-state index >= 15 is 0 Å². The van der Waals surface area contributed by atoms with Crippen LogP contribution in [0.3, 0.4) is 0 Å². The largest absolute Gasteiger partial charge is 0.497 e. The Labute approximate surface area is 146 Å². The average Bonchev–Trinajstić information content (AvgIpc) is 3.27. The van der Waals surface area contributed by atoms with Crippen molar-refractivity contribution in [2.75, 3.05) is 13.7 Å². The van der Waals surface area contributed by atoms with Crippen LogP contribution in [0.4, 0.5) is 0 Å². The van der Waals surface area contributed by atoms with Crippen LogP contribution >= 0.6 is 0 Å². The Bertz CT molecular complexity index is 702. The number of ether oxygens (including phenoxy) is 2. The van der Waals surface area contributed by atoms with Gasteiger partial charge in [0.1, 0.15) is 11.5 Å². The number of aromatic nitrogens is 3. The summed E-state index contributed by atoms with van der Waals surface area (Å²) in [5.74, 6) is 1.51. The molecule has 0 aliphatic carbocycles. The zero-order valence-corrected chi connectivity index (χ0v) is 14.2. The maximum Gasteiger partial charge on any atom is 0.261 e. The van der Waals surface area contributed by atoms with Gasteiger partial charge in [-0.3, -0.25) is 4.79 Å². The Kier molecular flexibility index (Phi) is 4.29. The summed E-state index contributed by atoms with van der Waals surface area (Å²) >= 11 is 0. The molecule has 0 spiro atoms. The van der Waals surface area contributed by atoms with Gasteiger partial charge in [-0.05, 0) is 49.9 Å². The van der Waals surface area contributed by atoms with Crippen molar-refractivity contribution in [1.29, 1.82) is 0 Å². The molecule has 0 saturated carbocycles. The second-order valence-corrected chi connectivity index (χ2v) is 6.62. The summed E-state index contributed by atoms with van der Waals surface area (Å²) in [6.45, 7) is 0.0734. The highest BCUT2D eigenvalue weighted by molar-refractivity contribution is 5.79. The third-order valence-corrected chi connectivity index (χ3v) is 5.18. The Morgan fingerprint density at radius 3 is 2.24 bits per heavy atom. The summed E-state index contributed by atoms with van der Waals surface area (Å²) in [6, 6.07) is 8.10. The first-order chi connectivity index (χ1) is 12.2. The molecule has 3 heterocycles. The summed E-state index contributed by atoms with van der Waals surface area (Å²) in [6.07, 6.45) is 7.36. The van der Waals surface area contributed by atoms with Crippen LogP contribution in [-0.4, -0.2) is 51.6 Å². The van der Waals surface area contributed by atoms with E-state index in [-0.39, 0.29) is 24.6 Å². The minimum absolute atomic E-state index is 0.0650. The molecule has 7 heteroatoms. The number of carbonyl (C=O) groups is 1. The van der Waals surface area contributed by atoms with Gasteiger partial charge < -0.3 is 14.4 Å².